The maximum atomic E-state index is 10.9. The van der Waals surface area contributed by atoms with Gasteiger partial charge in [-0.1, -0.05) is 13.3 Å². The van der Waals surface area contributed by atoms with Crippen molar-refractivity contribution in [2.24, 2.45) is 5.41 Å². The lowest BCUT2D eigenvalue weighted by Gasteiger charge is -2.15. The quantitative estimate of drug-likeness (QED) is 0.597. The molecule has 18 heavy (non-hydrogen) atoms. The fourth-order valence-corrected chi connectivity index (χ4v) is 2.24. The summed E-state index contributed by atoms with van der Waals surface area (Å²) in [4.78, 5) is 14.5. The van der Waals surface area contributed by atoms with Gasteiger partial charge in [-0.2, -0.15) is 0 Å². The molecular formula is C12H18N4O2. The van der Waals surface area contributed by atoms with Gasteiger partial charge in [-0.3, -0.25) is 10.1 Å². The number of nitro groups is 1. The van der Waals surface area contributed by atoms with Crippen LogP contribution in [0.4, 0.5) is 17.3 Å². The standard InChI is InChI=1S/C12H18N4O2/c1-2-5-12(6-7-12)8-14-11-9(16(17)18)3-4-10(13)15-11/h3-4H,2,5-8H2,1H3,(H3,13,14,15). The second-order valence-electron chi connectivity index (χ2n) is 4.96. The number of nitrogen functional groups attached to an aromatic ring is 1. The normalized spacial score (nSPS) is 16.3. The second-order valence-corrected chi connectivity index (χ2v) is 4.96. The molecular weight excluding hydrogens is 232 g/mol. The van der Waals surface area contributed by atoms with Crippen molar-refractivity contribution in [3.8, 4) is 0 Å². The van der Waals surface area contributed by atoms with E-state index in [-0.39, 0.29) is 11.5 Å². The summed E-state index contributed by atoms with van der Waals surface area (Å²) in [5.74, 6) is 0.575. The molecule has 0 atom stereocenters. The van der Waals surface area contributed by atoms with E-state index in [9.17, 15) is 10.1 Å². The van der Waals surface area contributed by atoms with Crippen LogP contribution < -0.4 is 11.1 Å². The number of nitrogens with two attached hydrogens (primary N) is 1. The Hall–Kier alpha value is -1.85. The number of nitrogens with one attached hydrogen (secondary N) is 1. The molecule has 1 heterocycles. The molecule has 0 unspecified atom stereocenters. The number of aromatic nitrogens is 1. The summed E-state index contributed by atoms with van der Waals surface area (Å²) in [7, 11) is 0. The van der Waals surface area contributed by atoms with Gasteiger partial charge in [0.15, 0.2) is 0 Å². The SMILES string of the molecule is CCCC1(CNc2nc(N)ccc2[N+](=O)[O-])CC1. The number of anilines is 2. The topological polar surface area (TPSA) is 94.1 Å². The largest absolute Gasteiger partial charge is 0.384 e. The van der Waals surface area contributed by atoms with Crippen LogP contribution in [0.3, 0.4) is 0 Å². The minimum Gasteiger partial charge on any atom is -0.384 e. The van der Waals surface area contributed by atoms with Crippen LogP contribution in [0.5, 0.6) is 0 Å². The zero-order valence-corrected chi connectivity index (χ0v) is 10.5. The van der Waals surface area contributed by atoms with Crippen LogP contribution in [0.2, 0.25) is 0 Å². The van der Waals surface area contributed by atoms with E-state index in [1.165, 1.54) is 25.0 Å². The lowest BCUT2D eigenvalue weighted by Crippen LogP contribution is -2.17. The third-order valence-electron chi connectivity index (χ3n) is 3.46. The van der Waals surface area contributed by atoms with Gasteiger partial charge in [0.05, 0.1) is 4.92 Å². The van der Waals surface area contributed by atoms with E-state index in [2.05, 4.69) is 17.2 Å². The molecule has 1 aliphatic carbocycles. The molecule has 1 saturated carbocycles. The molecule has 2 rings (SSSR count). The molecule has 1 aromatic rings. The lowest BCUT2D eigenvalue weighted by molar-refractivity contribution is -0.384. The summed E-state index contributed by atoms with van der Waals surface area (Å²) < 4.78 is 0. The molecule has 0 amide bonds. The Kier molecular flexibility index (Phi) is 3.36. The zero-order valence-electron chi connectivity index (χ0n) is 10.5. The van der Waals surface area contributed by atoms with E-state index < -0.39 is 4.92 Å². The van der Waals surface area contributed by atoms with Gasteiger partial charge in [0.2, 0.25) is 5.82 Å². The van der Waals surface area contributed by atoms with Crippen LogP contribution in [0, 0.1) is 15.5 Å². The Morgan fingerprint density at radius 2 is 2.28 bits per heavy atom. The highest BCUT2D eigenvalue weighted by atomic mass is 16.6. The monoisotopic (exact) mass is 250 g/mol. The maximum Gasteiger partial charge on any atom is 0.311 e. The first-order valence-corrected chi connectivity index (χ1v) is 6.21. The third kappa shape index (κ3) is 2.69. The molecule has 0 spiro atoms. The van der Waals surface area contributed by atoms with Crippen LogP contribution >= 0.6 is 0 Å². The lowest BCUT2D eigenvalue weighted by atomic mass is 10.0. The van der Waals surface area contributed by atoms with Crippen molar-refractivity contribution in [1.29, 1.82) is 0 Å². The molecule has 1 aliphatic rings. The van der Waals surface area contributed by atoms with Crippen molar-refractivity contribution < 1.29 is 4.92 Å². The number of rotatable bonds is 6. The highest BCUT2D eigenvalue weighted by molar-refractivity contribution is 5.59. The summed E-state index contributed by atoms with van der Waals surface area (Å²) in [5, 5.41) is 14.0. The fourth-order valence-electron chi connectivity index (χ4n) is 2.24. The highest BCUT2D eigenvalue weighted by Gasteiger charge is 2.41. The van der Waals surface area contributed by atoms with Crippen molar-refractivity contribution in [2.45, 2.75) is 32.6 Å². The van der Waals surface area contributed by atoms with Crippen LogP contribution in [-0.4, -0.2) is 16.5 Å². The Morgan fingerprint density at radius 3 is 2.83 bits per heavy atom. The molecule has 3 N–H and O–H groups in total. The first-order valence-electron chi connectivity index (χ1n) is 6.21. The molecule has 1 fully saturated rings. The molecule has 0 aromatic carbocycles. The first kappa shape index (κ1) is 12.6. The Labute approximate surface area is 106 Å². The summed E-state index contributed by atoms with van der Waals surface area (Å²) in [5.41, 5.74) is 5.86. The van der Waals surface area contributed by atoms with Crippen molar-refractivity contribution in [1.82, 2.24) is 4.98 Å². The summed E-state index contributed by atoms with van der Waals surface area (Å²) >= 11 is 0. The Morgan fingerprint density at radius 1 is 1.56 bits per heavy atom. The van der Waals surface area contributed by atoms with E-state index in [1.54, 1.807) is 0 Å². The van der Waals surface area contributed by atoms with Crippen LogP contribution in [0.15, 0.2) is 12.1 Å². The van der Waals surface area contributed by atoms with E-state index in [1.807, 2.05) is 0 Å². The van der Waals surface area contributed by atoms with Crippen LogP contribution in [-0.2, 0) is 0 Å². The van der Waals surface area contributed by atoms with Gasteiger partial charge in [0.25, 0.3) is 0 Å². The van der Waals surface area contributed by atoms with Crippen molar-refractivity contribution in [2.75, 3.05) is 17.6 Å². The van der Waals surface area contributed by atoms with Crippen molar-refractivity contribution in [3.05, 3.63) is 22.2 Å². The van der Waals surface area contributed by atoms with E-state index in [4.69, 9.17) is 5.73 Å². The van der Waals surface area contributed by atoms with Gasteiger partial charge in [0, 0.05) is 12.6 Å². The molecule has 0 saturated heterocycles. The third-order valence-corrected chi connectivity index (χ3v) is 3.46. The molecule has 1 aromatic heterocycles. The van der Waals surface area contributed by atoms with E-state index in [0.29, 0.717) is 11.2 Å². The molecule has 0 radical (unpaired) electrons. The second kappa shape index (κ2) is 4.80. The average Bonchev–Trinajstić information content (AvgIpc) is 3.07. The van der Waals surface area contributed by atoms with Gasteiger partial charge in [-0.15, -0.1) is 0 Å². The van der Waals surface area contributed by atoms with E-state index in [0.717, 1.165) is 19.4 Å². The van der Waals surface area contributed by atoms with Crippen molar-refractivity contribution in [3.63, 3.8) is 0 Å². The molecule has 6 nitrogen and oxygen atoms in total. The smallest absolute Gasteiger partial charge is 0.311 e. The number of hydrogen-bond donors (Lipinski definition) is 2. The number of nitrogens with zero attached hydrogens (tertiary/aromatic N) is 2. The Balaban J connectivity index is 2.08. The summed E-state index contributed by atoms with van der Waals surface area (Å²) in [6.07, 6.45) is 4.65. The number of pyridine rings is 1. The first-order chi connectivity index (χ1) is 8.56. The maximum absolute atomic E-state index is 10.9. The zero-order chi connectivity index (χ0) is 13.2. The predicted octanol–water partition coefficient (Wildman–Crippen LogP) is 2.56. The summed E-state index contributed by atoms with van der Waals surface area (Å²) in [6, 6.07) is 2.84. The van der Waals surface area contributed by atoms with Gasteiger partial charge in [-0.05, 0) is 30.7 Å². The van der Waals surface area contributed by atoms with E-state index >= 15 is 0 Å². The molecule has 0 aliphatic heterocycles. The molecule has 6 heteroatoms. The van der Waals surface area contributed by atoms with Gasteiger partial charge < -0.3 is 11.1 Å². The minimum atomic E-state index is -0.436. The van der Waals surface area contributed by atoms with Crippen LogP contribution in [0.1, 0.15) is 32.6 Å². The minimum absolute atomic E-state index is 0.0171. The van der Waals surface area contributed by atoms with Gasteiger partial charge >= 0.3 is 5.69 Å². The van der Waals surface area contributed by atoms with Gasteiger partial charge in [-0.25, -0.2) is 4.98 Å². The highest BCUT2D eigenvalue weighted by Crippen LogP contribution is 2.49. The molecule has 0 bridgehead atoms. The molecule has 98 valence electrons. The average molecular weight is 250 g/mol. The van der Waals surface area contributed by atoms with Crippen molar-refractivity contribution >= 4 is 17.3 Å². The Bertz CT molecular complexity index is 457. The van der Waals surface area contributed by atoms with Crippen LogP contribution in [0.25, 0.3) is 0 Å². The number of hydrogen-bond acceptors (Lipinski definition) is 5. The predicted molar refractivity (Wildman–Crippen MR) is 70.4 cm³/mol. The van der Waals surface area contributed by atoms with Gasteiger partial charge in [0.1, 0.15) is 5.82 Å². The fraction of sp³-hybridized carbons (Fsp3) is 0.583. The summed E-state index contributed by atoms with van der Waals surface area (Å²) in [6.45, 7) is 2.89.